The van der Waals surface area contributed by atoms with Crippen LogP contribution in [0.1, 0.15) is 31.2 Å². The lowest BCUT2D eigenvalue weighted by molar-refractivity contribution is 0.713. The van der Waals surface area contributed by atoms with Crippen molar-refractivity contribution in [1.29, 1.82) is 0 Å². The highest BCUT2D eigenvalue weighted by Crippen LogP contribution is 2.24. The Morgan fingerprint density at radius 1 is 1.35 bits per heavy atom. The molecule has 2 aromatic rings. The van der Waals surface area contributed by atoms with E-state index in [-0.39, 0.29) is 0 Å². The van der Waals surface area contributed by atoms with Gasteiger partial charge in [-0.2, -0.15) is 5.10 Å². The number of hydrogen-bond donors (Lipinski definition) is 1. The zero-order valence-corrected chi connectivity index (χ0v) is 10.6. The Morgan fingerprint density at radius 3 is 2.76 bits per heavy atom. The minimum absolute atomic E-state index is 0.364. The summed E-state index contributed by atoms with van der Waals surface area (Å²) in [5, 5.41) is 7.64. The molecule has 0 aliphatic carbocycles. The maximum atomic E-state index is 4.43. The van der Waals surface area contributed by atoms with Crippen LogP contribution in [0.15, 0.2) is 18.5 Å². The summed E-state index contributed by atoms with van der Waals surface area (Å²) in [6, 6.07) is 1.87. The fraction of sp³-hybridized carbons (Fsp3) is 0.417. The molecule has 0 saturated carbocycles. The standard InChI is InChI=1S/C12H17N5/c1-8(2)11-10(7-17(4)16-11)15-12-13-6-5-9(3)14-12/h5-8H,1-4H3,(H,13,14,15). The number of aromatic nitrogens is 4. The highest BCUT2D eigenvalue weighted by atomic mass is 15.3. The first-order chi connectivity index (χ1) is 8.06. The predicted octanol–water partition coefficient (Wildman–Crippen LogP) is 2.39. The van der Waals surface area contributed by atoms with E-state index >= 15 is 0 Å². The van der Waals surface area contributed by atoms with Gasteiger partial charge in [-0.3, -0.25) is 4.68 Å². The molecule has 2 heterocycles. The van der Waals surface area contributed by atoms with E-state index in [4.69, 9.17) is 0 Å². The molecule has 5 nitrogen and oxygen atoms in total. The van der Waals surface area contributed by atoms with Crippen LogP contribution in [0.4, 0.5) is 11.6 Å². The van der Waals surface area contributed by atoms with Gasteiger partial charge in [0.15, 0.2) is 0 Å². The summed E-state index contributed by atoms with van der Waals surface area (Å²) in [6.07, 6.45) is 3.69. The Kier molecular flexibility index (Phi) is 3.08. The third kappa shape index (κ3) is 2.61. The van der Waals surface area contributed by atoms with Crippen molar-refractivity contribution in [3.63, 3.8) is 0 Å². The number of nitrogens with one attached hydrogen (secondary N) is 1. The summed E-state index contributed by atoms with van der Waals surface area (Å²) in [5.74, 6) is 0.975. The van der Waals surface area contributed by atoms with Crippen molar-refractivity contribution in [3.05, 3.63) is 29.8 Å². The van der Waals surface area contributed by atoms with Gasteiger partial charge in [-0.15, -0.1) is 0 Å². The second kappa shape index (κ2) is 4.53. The Balaban J connectivity index is 2.29. The average Bonchev–Trinajstić information content (AvgIpc) is 2.59. The second-order valence-corrected chi connectivity index (χ2v) is 4.40. The Morgan fingerprint density at radius 2 is 2.12 bits per heavy atom. The largest absolute Gasteiger partial charge is 0.321 e. The number of nitrogens with zero attached hydrogens (tertiary/aromatic N) is 4. The zero-order valence-electron chi connectivity index (χ0n) is 10.6. The third-order valence-corrected chi connectivity index (χ3v) is 2.45. The lowest BCUT2D eigenvalue weighted by atomic mass is 10.1. The Hall–Kier alpha value is -1.91. The van der Waals surface area contributed by atoms with Crippen LogP contribution in [0.2, 0.25) is 0 Å². The number of rotatable bonds is 3. The Bertz CT molecular complexity index is 515. The SMILES string of the molecule is Cc1ccnc(Nc2cn(C)nc2C(C)C)n1. The van der Waals surface area contributed by atoms with Gasteiger partial charge in [0, 0.05) is 25.1 Å². The molecule has 0 atom stereocenters. The van der Waals surface area contributed by atoms with Crippen LogP contribution in [-0.2, 0) is 7.05 Å². The van der Waals surface area contributed by atoms with Gasteiger partial charge < -0.3 is 5.32 Å². The van der Waals surface area contributed by atoms with E-state index in [2.05, 4.69) is 34.2 Å². The summed E-state index contributed by atoms with van der Waals surface area (Å²) >= 11 is 0. The number of hydrogen-bond acceptors (Lipinski definition) is 4. The molecule has 90 valence electrons. The summed E-state index contributed by atoms with van der Waals surface area (Å²) in [4.78, 5) is 8.50. The van der Waals surface area contributed by atoms with Crippen LogP contribution in [0, 0.1) is 6.92 Å². The molecule has 0 amide bonds. The summed E-state index contributed by atoms with van der Waals surface area (Å²) in [7, 11) is 1.91. The predicted molar refractivity (Wildman–Crippen MR) is 67.3 cm³/mol. The fourth-order valence-corrected chi connectivity index (χ4v) is 1.66. The molecule has 2 rings (SSSR count). The molecular formula is C12H17N5. The van der Waals surface area contributed by atoms with Gasteiger partial charge in [0.25, 0.3) is 0 Å². The van der Waals surface area contributed by atoms with Crippen molar-refractivity contribution in [2.75, 3.05) is 5.32 Å². The van der Waals surface area contributed by atoms with E-state index in [1.165, 1.54) is 0 Å². The van der Waals surface area contributed by atoms with Crippen LogP contribution in [0.3, 0.4) is 0 Å². The van der Waals surface area contributed by atoms with Crippen molar-refractivity contribution in [2.24, 2.45) is 7.05 Å². The van der Waals surface area contributed by atoms with Crippen molar-refractivity contribution in [3.8, 4) is 0 Å². The number of aryl methyl sites for hydroxylation is 2. The van der Waals surface area contributed by atoms with E-state index < -0.39 is 0 Å². The lowest BCUT2D eigenvalue weighted by Gasteiger charge is -2.06. The molecule has 5 heteroatoms. The van der Waals surface area contributed by atoms with Crippen LogP contribution in [-0.4, -0.2) is 19.7 Å². The van der Waals surface area contributed by atoms with E-state index in [9.17, 15) is 0 Å². The van der Waals surface area contributed by atoms with Gasteiger partial charge in [0.05, 0.1) is 11.4 Å². The van der Waals surface area contributed by atoms with Crippen LogP contribution in [0.25, 0.3) is 0 Å². The molecule has 0 spiro atoms. The molecule has 0 fully saturated rings. The second-order valence-electron chi connectivity index (χ2n) is 4.40. The van der Waals surface area contributed by atoms with Crippen LogP contribution >= 0.6 is 0 Å². The molecule has 0 bridgehead atoms. The monoisotopic (exact) mass is 231 g/mol. The van der Waals surface area contributed by atoms with Crippen molar-refractivity contribution in [1.82, 2.24) is 19.7 Å². The smallest absolute Gasteiger partial charge is 0.227 e. The maximum Gasteiger partial charge on any atom is 0.227 e. The van der Waals surface area contributed by atoms with Gasteiger partial charge in [0.1, 0.15) is 0 Å². The highest BCUT2D eigenvalue weighted by Gasteiger charge is 2.12. The first-order valence-corrected chi connectivity index (χ1v) is 5.66. The molecule has 0 aliphatic heterocycles. The summed E-state index contributed by atoms with van der Waals surface area (Å²) in [6.45, 7) is 6.18. The van der Waals surface area contributed by atoms with Gasteiger partial charge in [-0.1, -0.05) is 13.8 Å². The molecule has 0 aliphatic rings. The first kappa shape index (κ1) is 11.6. The highest BCUT2D eigenvalue weighted by molar-refractivity contribution is 5.56. The fourth-order valence-electron chi connectivity index (χ4n) is 1.66. The molecule has 1 N–H and O–H groups in total. The summed E-state index contributed by atoms with van der Waals surface area (Å²) in [5.41, 5.74) is 2.93. The van der Waals surface area contributed by atoms with E-state index in [0.717, 1.165) is 17.1 Å². The van der Waals surface area contributed by atoms with Crippen LogP contribution < -0.4 is 5.32 Å². The van der Waals surface area contributed by atoms with Crippen molar-refractivity contribution in [2.45, 2.75) is 26.7 Å². The molecule has 2 aromatic heterocycles. The molecule has 0 aromatic carbocycles. The normalized spacial score (nSPS) is 10.9. The van der Waals surface area contributed by atoms with Crippen molar-refractivity contribution < 1.29 is 0 Å². The topological polar surface area (TPSA) is 55.6 Å². The average molecular weight is 231 g/mol. The van der Waals surface area contributed by atoms with E-state index in [1.54, 1.807) is 10.9 Å². The molecule has 17 heavy (non-hydrogen) atoms. The zero-order chi connectivity index (χ0) is 12.4. The number of anilines is 2. The van der Waals surface area contributed by atoms with E-state index in [0.29, 0.717) is 11.9 Å². The molecular weight excluding hydrogens is 214 g/mol. The molecule has 0 radical (unpaired) electrons. The van der Waals surface area contributed by atoms with Gasteiger partial charge in [0.2, 0.25) is 5.95 Å². The van der Waals surface area contributed by atoms with Gasteiger partial charge >= 0.3 is 0 Å². The van der Waals surface area contributed by atoms with Gasteiger partial charge in [-0.05, 0) is 18.9 Å². The van der Waals surface area contributed by atoms with Gasteiger partial charge in [-0.25, -0.2) is 9.97 Å². The van der Waals surface area contributed by atoms with E-state index in [1.807, 2.05) is 26.2 Å². The first-order valence-electron chi connectivity index (χ1n) is 5.66. The third-order valence-electron chi connectivity index (χ3n) is 2.45. The Labute approximate surface area is 101 Å². The molecule has 0 saturated heterocycles. The summed E-state index contributed by atoms with van der Waals surface area (Å²) < 4.78 is 1.80. The maximum absolute atomic E-state index is 4.43. The minimum Gasteiger partial charge on any atom is -0.321 e. The quantitative estimate of drug-likeness (QED) is 0.881. The van der Waals surface area contributed by atoms with Crippen molar-refractivity contribution >= 4 is 11.6 Å². The minimum atomic E-state index is 0.364. The van der Waals surface area contributed by atoms with Crippen LogP contribution in [0.5, 0.6) is 0 Å². The lowest BCUT2D eigenvalue weighted by Crippen LogP contribution is -2.00. The molecule has 0 unspecified atom stereocenters.